The maximum absolute atomic E-state index is 13.0. The van der Waals surface area contributed by atoms with E-state index in [0.29, 0.717) is 0 Å². The highest BCUT2D eigenvalue weighted by molar-refractivity contribution is 6.18. The minimum Gasteiger partial charge on any atom is -0.496 e. The number of amides is 2. The van der Waals surface area contributed by atoms with Crippen LogP contribution in [0.1, 0.15) is 69.2 Å². The van der Waals surface area contributed by atoms with Crippen molar-refractivity contribution in [2.45, 2.75) is 59.7 Å². The predicted molar refractivity (Wildman–Crippen MR) is 112 cm³/mol. The number of anilines is 1. The van der Waals surface area contributed by atoms with Gasteiger partial charge in [0.2, 0.25) is 0 Å². The SMILES string of the molecule is COc1cc(C(C)=O)c([N+](=O)[O-])c(N(C(=O)OC(C)(C)C)C(=O)OC(C)(C)C)c1C(=O)O. The van der Waals surface area contributed by atoms with Gasteiger partial charge in [0, 0.05) is 0 Å². The van der Waals surface area contributed by atoms with Crippen LogP contribution in [-0.2, 0) is 9.47 Å². The Kier molecular flexibility index (Phi) is 7.57. The average molecular weight is 454 g/mol. The zero-order valence-corrected chi connectivity index (χ0v) is 19.1. The van der Waals surface area contributed by atoms with E-state index in [9.17, 15) is 34.4 Å². The fraction of sp³-hybridized carbons (Fsp3) is 0.500. The van der Waals surface area contributed by atoms with Crippen molar-refractivity contribution in [3.05, 3.63) is 27.3 Å². The van der Waals surface area contributed by atoms with Gasteiger partial charge in [-0.15, -0.1) is 0 Å². The van der Waals surface area contributed by atoms with Gasteiger partial charge in [-0.3, -0.25) is 14.9 Å². The number of Topliss-reactive ketones (excluding diaryl/α,β-unsaturated/α-hetero) is 1. The molecule has 12 nitrogen and oxygen atoms in total. The first-order valence-electron chi connectivity index (χ1n) is 9.31. The summed E-state index contributed by atoms with van der Waals surface area (Å²) in [5.41, 5.74) is -5.93. The summed E-state index contributed by atoms with van der Waals surface area (Å²) in [4.78, 5) is 61.1. The fourth-order valence-corrected chi connectivity index (χ4v) is 2.55. The molecule has 1 aromatic rings. The highest BCUT2D eigenvalue weighted by atomic mass is 16.6. The van der Waals surface area contributed by atoms with E-state index in [1.807, 2.05) is 0 Å². The Morgan fingerprint density at radius 2 is 1.44 bits per heavy atom. The molecule has 0 radical (unpaired) electrons. The van der Waals surface area contributed by atoms with Crippen molar-refractivity contribution in [1.82, 2.24) is 0 Å². The number of carbonyl (C=O) groups is 4. The summed E-state index contributed by atoms with van der Waals surface area (Å²) in [6.45, 7) is 9.81. The monoisotopic (exact) mass is 454 g/mol. The average Bonchev–Trinajstić information content (AvgIpc) is 2.56. The summed E-state index contributed by atoms with van der Waals surface area (Å²) in [5, 5.41) is 21.7. The van der Waals surface area contributed by atoms with E-state index in [2.05, 4.69) is 0 Å². The van der Waals surface area contributed by atoms with Crippen LogP contribution in [-0.4, -0.2) is 52.3 Å². The molecule has 0 fully saturated rings. The minimum atomic E-state index is -1.76. The van der Waals surface area contributed by atoms with Crippen LogP contribution in [0.3, 0.4) is 0 Å². The standard InChI is InChI=1S/C20H26N2O10/c1-10(23)11-9-12(30-8)13(16(24)25)15(14(11)22(28)29)21(17(26)31-19(2,3)4)18(27)32-20(5,6)7/h9H,1-8H3,(H,24,25). The molecule has 0 aliphatic rings. The molecule has 0 aliphatic carbocycles. The van der Waals surface area contributed by atoms with Crippen LogP contribution in [0.15, 0.2) is 6.07 Å². The lowest BCUT2D eigenvalue weighted by Crippen LogP contribution is -2.45. The Labute approximate surface area is 184 Å². The number of carboxylic acid groups (broad SMARTS) is 1. The van der Waals surface area contributed by atoms with Crippen molar-refractivity contribution in [2.24, 2.45) is 0 Å². The smallest absolute Gasteiger partial charge is 0.424 e. The van der Waals surface area contributed by atoms with Gasteiger partial charge in [-0.25, -0.2) is 14.4 Å². The van der Waals surface area contributed by atoms with Gasteiger partial charge in [0.15, 0.2) is 11.5 Å². The van der Waals surface area contributed by atoms with Crippen molar-refractivity contribution in [2.75, 3.05) is 12.0 Å². The lowest BCUT2D eigenvalue weighted by Gasteiger charge is -2.29. The summed E-state index contributed by atoms with van der Waals surface area (Å²) < 4.78 is 15.4. The third-order valence-electron chi connectivity index (χ3n) is 3.61. The van der Waals surface area contributed by atoms with Gasteiger partial charge < -0.3 is 19.3 Å². The third kappa shape index (κ3) is 6.15. The van der Waals surface area contributed by atoms with Gasteiger partial charge in [-0.1, -0.05) is 0 Å². The first kappa shape index (κ1) is 26.3. The van der Waals surface area contributed by atoms with E-state index in [-0.39, 0.29) is 4.90 Å². The molecule has 0 saturated carbocycles. The molecule has 176 valence electrons. The number of benzene rings is 1. The number of nitro benzene ring substituents is 1. The van der Waals surface area contributed by atoms with Gasteiger partial charge in [0.1, 0.15) is 28.1 Å². The summed E-state index contributed by atoms with van der Waals surface area (Å²) in [5.74, 6) is -3.07. The zero-order valence-electron chi connectivity index (χ0n) is 19.1. The predicted octanol–water partition coefficient (Wildman–Crippen LogP) is 4.18. The molecule has 32 heavy (non-hydrogen) atoms. The first-order valence-corrected chi connectivity index (χ1v) is 9.31. The van der Waals surface area contributed by atoms with E-state index >= 15 is 0 Å². The van der Waals surface area contributed by atoms with E-state index < -0.39 is 68.3 Å². The van der Waals surface area contributed by atoms with Gasteiger partial charge in [-0.05, 0) is 54.5 Å². The minimum absolute atomic E-state index is 0.0903. The van der Waals surface area contributed by atoms with Gasteiger partial charge in [0.05, 0.1) is 12.0 Å². The Balaban J connectivity index is 4.17. The number of carboxylic acids is 1. The molecule has 2 amide bonds. The molecule has 0 bridgehead atoms. The summed E-state index contributed by atoms with van der Waals surface area (Å²) >= 11 is 0. The topological polar surface area (TPSA) is 163 Å². The first-order chi connectivity index (χ1) is 14.4. The summed E-state index contributed by atoms with van der Waals surface area (Å²) in [6.07, 6.45) is -2.89. The van der Waals surface area contributed by atoms with Crippen molar-refractivity contribution in [1.29, 1.82) is 0 Å². The number of nitrogens with zero attached hydrogens (tertiary/aromatic N) is 2. The highest BCUT2D eigenvalue weighted by Gasteiger charge is 2.43. The summed E-state index contributed by atoms with van der Waals surface area (Å²) in [7, 11) is 1.06. The molecule has 0 atom stereocenters. The zero-order chi connectivity index (χ0) is 25.2. The second kappa shape index (κ2) is 9.20. The lowest BCUT2D eigenvalue weighted by molar-refractivity contribution is -0.384. The number of hydrogen-bond acceptors (Lipinski definition) is 9. The molecule has 1 aromatic carbocycles. The number of ketones is 1. The van der Waals surface area contributed by atoms with E-state index in [0.717, 1.165) is 20.1 Å². The molecule has 0 aromatic heterocycles. The molecular formula is C20H26N2O10. The van der Waals surface area contributed by atoms with Crippen molar-refractivity contribution >= 4 is 35.3 Å². The van der Waals surface area contributed by atoms with Gasteiger partial charge >= 0.3 is 23.8 Å². The Morgan fingerprint density at radius 3 is 1.72 bits per heavy atom. The van der Waals surface area contributed by atoms with Crippen molar-refractivity contribution in [3.8, 4) is 5.75 Å². The largest absolute Gasteiger partial charge is 0.496 e. The third-order valence-corrected chi connectivity index (χ3v) is 3.61. The highest BCUT2D eigenvalue weighted by Crippen LogP contribution is 2.42. The molecule has 0 spiro atoms. The number of imide groups is 1. The molecule has 0 heterocycles. The molecule has 12 heteroatoms. The number of ether oxygens (including phenoxy) is 3. The fourth-order valence-electron chi connectivity index (χ4n) is 2.55. The maximum Gasteiger partial charge on any atom is 0.424 e. The molecular weight excluding hydrogens is 428 g/mol. The van der Waals surface area contributed by atoms with Crippen LogP contribution in [0.2, 0.25) is 0 Å². The van der Waals surface area contributed by atoms with Crippen molar-refractivity contribution < 1.29 is 43.4 Å². The number of nitro groups is 1. The summed E-state index contributed by atoms with van der Waals surface area (Å²) in [6, 6.07) is 0.857. The normalized spacial score (nSPS) is 11.4. The van der Waals surface area contributed by atoms with Gasteiger partial charge in [-0.2, -0.15) is 4.90 Å². The lowest BCUT2D eigenvalue weighted by atomic mass is 10.0. The Morgan fingerprint density at radius 1 is 1.00 bits per heavy atom. The Hall–Kier alpha value is -3.70. The number of hydrogen-bond donors (Lipinski definition) is 1. The van der Waals surface area contributed by atoms with Crippen LogP contribution in [0.4, 0.5) is 21.0 Å². The Bertz CT molecular complexity index is 942. The van der Waals surface area contributed by atoms with E-state index in [4.69, 9.17) is 14.2 Å². The van der Waals surface area contributed by atoms with Crippen LogP contribution in [0, 0.1) is 10.1 Å². The van der Waals surface area contributed by atoms with Crippen LogP contribution >= 0.6 is 0 Å². The van der Waals surface area contributed by atoms with Crippen LogP contribution in [0.5, 0.6) is 5.75 Å². The van der Waals surface area contributed by atoms with E-state index in [1.165, 1.54) is 41.5 Å². The molecule has 1 N–H and O–H groups in total. The second-order valence-electron chi connectivity index (χ2n) is 8.61. The maximum atomic E-state index is 13.0. The van der Waals surface area contributed by atoms with Crippen molar-refractivity contribution in [3.63, 3.8) is 0 Å². The molecule has 0 saturated heterocycles. The molecule has 0 unspecified atom stereocenters. The number of aromatic carboxylic acids is 1. The van der Waals surface area contributed by atoms with E-state index in [1.54, 1.807) is 0 Å². The molecule has 1 rings (SSSR count). The molecule has 0 aliphatic heterocycles. The van der Waals surface area contributed by atoms with Crippen LogP contribution in [0.25, 0.3) is 0 Å². The quantitative estimate of drug-likeness (QED) is 0.388. The number of rotatable bonds is 5. The number of methoxy groups -OCH3 is 1. The van der Waals surface area contributed by atoms with Crippen LogP contribution < -0.4 is 9.64 Å². The second-order valence-corrected chi connectivity index (χ2v) is 8.61. The van der Waals surface area contributed by atoms with Gasteiger partial charge in [0.25, 0.3) is 0 Å². The number of carbonyl (C=O) groups excluding carboxylic acids is 3.